The summed E-state index contributed by atoms with van der Waals surface area (Å²) in [5.74, 6) is 1.03. The minimum Gasteiger partial charge on any atom is -0.300 e. The quantitative estimate of drug-likeness (QED) is 0.711. The lowest BCUT2D eigenvalue weighted by Crippen LogP contribution is -2.54. The van der Waals surface area contributed by atoms with E-state index < -0.39 is 0 Å². The van der Waals surface area contributed by atoms with Gasteiger partial charge in [-0.1, -0.05) is 6.42 Å². The van der Waals surface area contributed by atoms with E-state index in [1.165, 1.54) is 58.4 Å². The topological polar surface area (TPSA) is 6.48 Å². The van der Waals surface area contributed by atoms with Crippen LogP contribution in [0.5, 0.6) is 0 Å². The van der Waals surface area contributed by atoms with Crippen LogP contribution in [0.3, 0.4) is 0 Å². The molecule has 14 heavy (non-hydrogen) atoms. The Morgan fingerprint density at radius 2 is 2.07 bits per heavy atom. The number of thiol groups is 1. The summed E-state index contributed by atoms with van der Waals surface area (Å²) in [5, 5.41) is 0. The second-order valence-electron chi connectivity index (χ2n) is 4.56. The third-order valence-electron chi connectivity index (χ3n) is 3.55. The molecule has 0 aromatic heterocycles. The Morgan fingerprint density at radius 1 is 1.14 bits per heavy atom. The van der Waals surface area contributed by atoms with Gasteiger partial charge in [0.1, 0.15) is 0 Å². The van der Waals surface area contributed by atoms with Crippen molar-refractivity contribution in [3.63, 3.8) is 0 Å². The van der Waals surface area contributed by atoms with Crippen LogP contribution in [0.25, 0.3) is 0 Å². The summed E-state index contributed by atoms with van der Waals surface area (Å²) in [6.07, 6.45) is 5.54. The summed E-state index contributed by atoms with van der Waals surface area (Å²) >= 11 is 4.28. The average molecular weight is 214 g/mol. The van der Waals surface area contributed by atoms with Crippen molar-refractivity contribution in [3.05, 3.63) is 0 Å². The molecule has 82 valence electrons. The highest BCUT2D eigenvalue weighted by atomic mass is 32.1. The van der Waals surface area contributed by atoms with Gasteiger partial charge < -0.3 is 4.90 Å². The maximum Gasteiger partial charge on any atom is 0.0223 e. The van der Waals surface area contributed by atoms with E-state index in [0.717, 1.165) is 11.8 Å². The molecular formula is C11H22N2S. The number of piperazine rings is 1. The average Bonchev–Trinajstić information content (AvgIpc) is 2.26. The van der Waals surface area contributed by atoms with E-state index >= 15 is 0 Å². The number of nitrogens with zero attached hydrogens (tertiary/aromatic N) is 2. The van der Waals surface area contributed by atoms with Crippen molar-refractivity contribution in [1.82, 2.24) is 9.80 Å². The number of fused-ring (bicyclic) bond motifs is 1. The molecule has 2 rings (SSSR count). The van der Waals surface area contributed by atoms with Gasteiger partial charge in [0.15, 0.2) is 0 Å². The number of piperidine rings is 1. The van der Waals surface area contributed by atoms with Crippen LogP contribution in [-0.2, 0) is 0 Å². The molecule has 0 aromatic rings. The van der Waals surface area contributed by atoms with E-state index in [9.17, 15) is 0 Å². The fourth-order valence-electron chi connectivity index (χ4n) is 2.72. The highest BCUT2D eigenvalue weighted by Crippen LogP contribution is 2.20. The Hall–Kier alpha value is 0.270. The first-order valence-corrected chi connectivity index (χ1v) is 6.60. The second kappa shape index (κ2) is 5.38. The second-order valence-corrected chi connectivity index (χ2v) is 5.01. The summed E-state index contributed by atoms with van der Waals surface area (Å²) in [4.78, 5) is 5.32. The standard InChI is InChI=1S/C11H22N2S/c14-9-3-5-12-7-8-13-6-2-1-4-11(13)10-12/h11,14H,1-10H2. The monoisotopic (exact) mass is 214 g/mol. The smallest absolute Gasteiger partial charge is 0.0223 e. The number of hydrogen-bond donors (Lipinski definition) is 1. The van der Waals surface area contributed by atoms with Gasteiger partial charge in [0.05, 0.1) is 0 Å². The highest BCUT2D eigenvalue weighted by molar-refractivity contribution is 7.80. The zero-order valence-electron chi connectivity index (χ0n) is 8.99. The normalized spacial score (nSPS) is 30.2. The van der Waals surface area contributed by atoms with Crippen molar-refractivity contribution < 1.29 is 0 Å². The third kappa shape index (κ3) is 2.65. The van der Waals surface area contributed by atoms with Gasteiger partial charge in [0.2, 0.25) is 0 Å². The Bertz CT molecular complexity index is 175. The van der Waals surface area contributed by atoms with Crippen LogP contribution in [0.1, 0.15) is 25.7 Å². The lowest BCUT2D eigenvalue weighted by atomic mass is 9.99. The largest absolute Gasteiger partial charge is 0.300 e. The van der Waals surface area contributed by atoms with Crippen LogP contribution >= 0.6 is 12.6 Å². The molecule has 3 heteroatoms. The molecule has 0 saturated carbocycles. The van der Waals surface area contributed by atoms with E-state index in [2.05, 4.69) is 22.4 Å². The van der Waals surface area contributed by atoms with E-state index in [-0.39, 0.29) is 0 Å². The predicted molar refractivity (Wildman–Crippen MR) is 64.1 cm³/mol. The number of rotatable bonds is 3. The maximum atomic E-state index is 4.28. The van der Waals surface area contributed by atoms with Crippen LogP contribution in [-0.4, -0.2) is 54.3 Å². The van der Waals surface area contributed by atoms with Gasteiger partial charge in [-0.15, -0.1) is 0 Å². The van der Waals surface area contributed by atoms with E-state index in [1.54, 1.807) is 0 Å². The Balaban J connectivity index is 1.77. The van der Waals surface area contributed by atoms with E-state index in [4.69, 9.17) is 0 Å². The molecule has 0 aliphatic carbocycles. The molecule has 0 radical (unpaired) electrons. The van der Waals surface area contributed by atoms with Crippen molar-refractivity contribution in [3.8, 4) is 0 Å². The molecule has 0 bridgehead atoms. The Morgan fingerprint density at radius 3 is 2.93 bits per heavy atom. The molecular weight excluding hydrogens is 192 g/mol. The number of hydrogen-bond acceptors (Lipinski definition) is 3. The van der Waals surface area contributed by atoms with Crippen LogP contribution < -0.4 is 0 Å². The lowest BCUT2D eigenvalue weighted by Gasteiger charge is -2.44. The molecule has 2 fully saturated rings. The first kappa shape index (κ1) is 10.8. The zero-order chi connectivity index (χ0) is 9.80. The molecule has 2 nitrogen and oxygen atoms in total. The molecule has 2 saturated heterocycles. The summed E-state index contributed by atoms with van der Waals surface area (Å²) in [6.45, 7) is 6.51. The molecule has 2 aliphatic heterocycles. The summed E-state index contributed by atoms with van der Waals surface area (Å²) in [5.41, 5.74) is 0. The van der Waals surface area contributed by atoms with Crippen molar-refractivity contribution in [2.75, 3.05) is 38.5 Å². The van der Waals surface area contributed by atoms with Crippen LogP contribution in [0.4, 0.5) is 0 Å². The van der Waals surface area contributed by atoms with Crippen LogP contribution in [0.15, 0.2) is 0 Å². The molecule has 0 spiro atoms. The molecule has 2 heterocycles. The minimum absolute atomic E-state index is 0.873. The Kier molecular flexibility index (Phi) is 4.14. The first-order valence-electron chi connectivity index (χ1n) is 5.97. The lowest BCUT2D eigenvalue weighted by molar-refractivity contribution is 0.0497. The van der Waals surface area contributed by atoms with Gasteiger partial charge >= 0.3 is 0 Å². The van der Waals surface area contributed by atoms with Gasteiger partial charge in [-0.05, 0) is 38.1 Å². The maximum absolute atomic E-state index is 4.28. The zero-order valence-corrected chi connectivity index (χ0v) is 9.88. The van der Waals surface area contributed by atoms with Gasteiger partial charge in [-0.3, -0.25) is 4.90 Å². The highest BCUT2D eigenvalue weighted by Gasteiger charge is 2.28. The van der Waals surface area contributed by atoms with Crippen molar-refractivity contribution in [1.29, 1.82) is 0 Å². The summed E-state index contributed by atoms with van der Waals surface area (Å²) in [7, 11) is 0. The summed E-state index contributed by atoms with van der Waals surface area (Å²) < 4.78 is 0. The van der Waals surface area contributed by atoms with Gasteiger partial charge in [0, 0.05) is 25.7 Å². The predicted octanol–water partition coefficient (Wildman–Crippen LogP) is 1.48. The molecule has 1 unspecified atom stereocenters. The molecule has 2 aliphatic rings. The van der Waals surface area contributed by atoms with Crippen LogP contribution in [0.2, 0.25) is 0 Å². The summed E-state index contributed by atoms with van der Waals surface area (Å²) in [6, 6.07) is 0.873. The van der Waals surface area contributed by atoms with E-state index in [1.807, 2.05) is 0 Å². The van der Waals surface area contributed by atoms with Crippen molar-refractivity contribution in [2.24, 2.45) is 0 Å². The van der Waals surface area contributed by atoms with Gasteiger partial charge in [0.25, 0.3) is 0 Å². The van der Waals surface area contributed by atoms with Crippen LogP contribution in [0, 0.1) is 0 Å². The first-order chi connectivity index (χ1) is 6.90. The SMILES string of the molecule is SCCCN1CCN2CCCCC2C1. The minimum atomic E-state index is 0.873. The fourth-order valence-corrected chi connectivity index (χ4v) is 2.86. The third-order valence-corrected chi connectivity index (χ3v) is 3.87. The van der Waals surface area contributed by atoms with Crippen molar-refractivity contribution >= 4 is 12.6 Å². The van der Waals surface area contributed by atoms with Crippen molar-refractivity contribution in [2.45, 2.75) is 31.7 Å². The van der Waals surface area contributed by atoms with Gasteiger partial charge in [-0.25, -0.2) is 0 Å². The molecule has 1 atom stereocenters. The van der Waals surface area contributed by atoms with E-state index in [0.29, 0.717) is 0 Å². The molecule has 0 amide bonds. The Labute approximate surface area is 93.1 Å². The molecule has 0 aromatic carbocycles. The fraction of sp³-hybridized carbons (Fsp3) is 1.00. The van der Waals surface area contributed by atoms with Gasteiger partial charge in [-0.2, -0.15) is 12.6 Å². The molecule has 0 N–H and O–H groups in total.